The van der Waals surface area contributed by atoms with Crippen LogP contribution in [-0.4, -0.2) is 55.9 Å². The van der Waals surface area contributed by atoms with Gasteiger partial charge in [-0.15, -0.1) is 0 Å². The Labute approximate surface area is 85.5 Å². The maximum Gasteiger partial charge on any atom is 0.315 e. The molecule has 0 heterocycles. The van der Waals surface area contributed by atoms with Crippen LogP contribution in [0, 0.1) is 0 Å². The molecule has 5 heteroatoms. The molecule has 0 aliphatic carbocycles. The van der Waals surface area contributed by atoms with Gasteiger partial charge in [0.05, 0.1) is 6.61 Å². The van der Waals surface area contributed by atoms with Gasteiger partial charge >= 0.3 is 6.03 Å². The largest absolute Gasteiger partial charge is 0.395 e. The Bertz CT molecular complexity index is 162. The van der Waals surface area contributed by atoms with E-state index in [1.807, 2.05) is 21.0 Å². The SMILES string of the molecule is CC(CCN(C)C)NC(=O)NCCO. The average molecular weight is 203 g/mol. The first-order valence-electron chi connectivity index (χ1n) is 4.86. The standard InChI is InChI=1S/C9H21N3O2/c1-8(4-6-12(2)3)11-9(14)10-5-7-13/h8,13H,4-7H2,1-3H3,(H2,10,11,14). The highest BCUT2D eigenvalue weighted by Crippen LogP contribution is 1.91. The summed E-state index contributed by atoms with van der Waals surface area (Å²) in [6.07, 6.45) is 0.916. The van der Waals surface area contributed by atoms with Crippen LogP contribution in [0.4, 0.5) is 4.79 Å². The number of nitrogens with one attached hydrogen (secondary N) is 2. The molecule has 0 aromatic carbocycles. The van der Waals surface area contributed by atoms with E-state index < -0.39 is 0 Å². The molecule has 0 rings (SSSR count). The molecule has 0 spiro atoms. The van der Waals surface area contributed by atoms with Crippen molar-refractivity contribution in [3.8, 4) is 0 Å². The quantitative estimate of drug-likeness (QED) is 0.551. The summed E-state index contributed by atoms with van der Waals surface area (Å²) in [5.74, 6) is 0. The molecule has 0 bridgehead atoms. The van der Waals surface area contributed by atoms with E-state index in [9.17, 15) is 4.79 Å². The zero-order chi connectivity index (χ0) is 11.0. The molecule has 5 nitrogen and oxygen atoms in total. The van der Waals surface area contributed by atoms with Crippen molar-refractivity contribution in [1.29, 1.82) is 0 Å². The third-order valence-electron chi connectivity index (χ3n) is 1.78. The predicted octanol–water partition coefficient (Wildman–Crippen LogP) is -0.382. The zero-order valence-corrected chi connectivity index (χ0v) is 9.21. The van der Waals surface area contributed by atoms with Gasteiger partial charge in [0, 0.05) is 12.6 Å². The second kappa shape index (κ2) is 7.58. The fraction of sp³-hybridized carbons (Fsp3) is 0.889. The van der Waals surface area contributed by atoms with Gasteiger partial charge in [0.2, 0.25) is 0 Å². The van der Waals surface area contributed by atoms with Crippen LogP contribution in [0.1, 0.15) is 13.3 Å². The molecule has 1 unspecified atom stereocenters. The van der Waals surface area contributed by atoms with Crippen molar-refractivity contribution in [2.75, 3.05) is 33.8 Å². The van der Waals surface area contributed by atoms with Gasteiger partial charge in [0.1, 0.15) is 0 Å². The van der Waals surface area contributed by atoms with Crippen molar-refractivity contribution < 1.29 is 9.90 Å². The van der Waals surface area contributed by atoms with Crippen molar-refractivity contribution >= 4 is 6.03 Å². The molecule has 3 N–H and O–H groups in total. The van der Waals surface area contributed by atoms with Gasteiger partial charge in [-0.2, -0.15) is 0 Å². The van der Waals surface area contributed by atoms with E-state index in [2.05, 4.69) is 15.5 Å². The van der Waals surface area contributed by atoms with Gasteiger partial charge in [-0.05, 0) is 34.0 Å². The lowest BCUT2D eigenvalue weighted by atomic mass is 10.2. The molecule has 2 amide bonds. The molecule has 0 fully saturated rings. The molecule has 0 aliphatic rings. The van der Waals surface area contributed by atoms with Crippen LogP contribution < -0.4 is 10.6 Å². The van der Waals surface area contributed by atoms with Gasteiger partial charge in [-0.1, -0.05) is 0 Å². The number of carbonyl (C=O) groups is 1. The topological polar surface area (TPSA) is 64.6 Å². The maximum absolute atomic E-state index is 11.1. The Balaban J connectivity index is 3.50. The molecule has 14 heavy (non-hydrogen) atoms. The van der Waals surface area contributed by atoms with Crippen molar-refractivity contribution in [3.63, 3.8) is 0 Å². The van der Waals surface area contributed by atoms with Crippen LogP contribution in [0.15, 0.2) is 0 Å². The molecular weight excluding hydrogens is 182 g/mol. The van der Waals surface area contributed by atoms with Crippen LogP contribution in [0.5, 0.6) is 0 Å². The fourth-order valence-electron chi connectivity index (χ4n) is 0.968. The van der Waals surface area contributed by atoms with Crippen molar-refractivity contribution in [2.45, 2.75) is 19.4 Å². The predicted molar refractivity (Wildman–Crippen MR) is 56.3 cm³/mol. The number of hydrogen-bond donors (Lipinski definition) is 3. The summed E-state index contributed by atoms with van der Waals surface area (Å²) in [7, 11) is 4.00. The molecule has 1 atom stereocenters. The zero-order valence-electron chi connectivity index (χ0n) is 9.21. The average Bonchev–Trinajstić information content (AvgIpc) is 2.11. The maximum atomic E-state index is 11.1. The van der Waals surface area contributed by atoms with Crippen LogP contribution in [0.25, 0.3) is 0 Å². The van der Waals surface area contributed by atoms with E-state index in [-0.39, 0.29) is 18.7 Å². The lowest BCUT2D eigenvalue weighted by molar-refractivity contribution is 0.229. The lowest BCUT2D eigenvalue weighted by Crippen LogP contribution is -2.42. The van der Waals surface area contributed by atoms with Gasteiger partial charge in [0.15, 0.2) is 0 Å². The monoisotopic (exact) mass is 203 g/mol. The molecule has 0 aliphatic heterocycles. The summed E-state index contributed by atoms with van der Waals surface area (Å²) in [6.45, 7) is 3.18. The van der Waals surface area contributed by atoms with Gasteiger partial charge in [-0.25, -0.2) is 4.79 Å². The van der Waals surface area contributed by atoms with Crippen molar-refractivity contribution in [1.82, 2.24) is 15.5 Å². The van der Waals surface area contributed by atoms with E-state index in [4.69, 9.17) is 5.11 Å². The minimum Gasteiger partial charge on any atom is -0.395 e. The van der Waals surface area contributed by atoms with E-state index in [1.54, 1.807) is 0 Å². The summed E-state index contributed by atoms with van der Waals surface area (Å²) in [5, 5.41) is 13.8. The highest BCUT2D eigenvalue weighted by molar-refractivity contribution is 5.74. The molecule has 0 saturated carbocycles. The number of carbonyl (C=O) groups excluding carboxylic acids is 1. The number of urea groups is 1. The number of rotatable bonds is 6. The first-order valence-corrected chi connectivity index (χ1v) is 4.86. The Morgan fingerprint density at radius 2 is 2.14 bits per heavy atom. The Hall–Kier alpha value is -0.810. The van der Waals surface area contributed by atoms with Gasteiger partial charge in [0.25, 0.3) is 0 Å². The number of amides is 2. The Morgan fingerprint density at radius 1 is 1.50 bits per heavy atom. The molecule has 0 radical (unpaired) electrons. The number of aliphatic hydroxyl groups excluding tert-OH is 1. The molecule has 0 aromatic heterocycles. The minimum absolute atomic E-state index is 0.0283. The van der Waals surface area contributed by atoms with Crippen molar-refractivity contribution in [3.05, 3.63) is 0 Å². The normalized spacial score (nSPS) is 12.6. The van der Waals surface area contributed by atoms with Crippen LogP contribution in [0.2, 0.25) is 0 Å². The van der Waals surface area contributed by atoms with E-state index in [1.165, 1.54) is 0 Å². The Morgan fingerprint density at radius 3 is 2.64 bits per heavy atom. The van der Waals surface area contributed by atoms with Crippen molar-refractivity contribution in [2.24, 2.45) is 0 Å². The number of aliphatic hydroxyl groups is 1. The number of nitrogens with zero attached hydrogens (tertiary/aromatic N) is 1. The fourth-order valence-corrected chi connectivity index (χ4v) is 0.968. The Kier molecular flexibility index (Phi) is 7.14. The minimum atomic E-state index is -0.217. The van der Waals surface area contributed by atoms with E-state index >= 15 is 0 Å². The third kappa shape index (κ3) is 7.82. The van der Waals surface area contributed by atoms with Gasteiger partial charge in [-0.3, -0.25) is 0 Å². The highest BCUT2D eigenvalue weighted by Gasteiger charge is 2.05. The summed E-state index contributed by atoms with van der Waals surface area (Å²) >= 11 is 0. The smallest absolute Gasteiger partial charge is 0.315 e. The first kappa shape index (κ1) is 13.2. The molecular formula is C9H21N3O2. The van der Waals surface area contributed by atoms with Gasteiger partial charge < -0.3 is 20.6 Å². The lowest BCUT2D eigenvalue weighted by Gasteiger charge is -2.16. The summed E-state index contributed by atoms with van der Waals surface area (Å²) in [5.41, 5.74) is 0. The first-order chi connectivity index (χ1) is 6.56. The molecule has 0 saturated heterocycles. The summed E-state index contributed by atoms with van der Waals surface area (Å²) in [6, 6.07) is -0.0681. The second-order valence-corrected chi connectivity index (χ2v) is 3.62. The number of hydrogen-bond acceptors (Lipinski definition) is 3. The third-order valence-corrected chi connectivity index (χ3v) is 1.78. The van der Waals surface area contributed by atoms with E-state index in [0.29, 0.717) is 6.54 Å². The summed E-state index contributed by atoms with van der Waals surface area (Å²) < 4.78 is 0. The van der Waals surface area contributed by atoms with Crippen LogP contribution in [0.3, 0.4) is 0 Å². The van der Waals surface area contributed by atoms with Crippen LogP contribution >= 0.6 is 0 Å². The highest BCUT2D eigenvalue weighted by atomic mass is 16.3. The molecule has 84 valence electrons. The second-order valence-electron chi connectivity index (χ2n) is 3.62. The van der Waals surface area contributed by atoms with Crippen LogP contribution in [-0.2, 0) is 0 Å². The van der Waals surface area contributed by atoms with E-state index in [0.717, 1.165) is 13.0 Å². The summed E-state index contributed by atoms with van der Waals surface area (Å²) in [4.78, 5) is 13.2. The molecule has 0 aromatic rings.